The Morgan fingerprint density at radius 1 is 1.17 bits per heavy atom. The lowest BCUT2D eigenvalue weighted by atomic mass is 9.92. The SMILES string of the molecule is O=C(O)CCC1CCN(C(=O)CCCOc2ccc(F)cc2)CC1. The summed E-state index contributed by atoms with van der Waals surface area (Å²) in [5.74, 6) is 0.0726. The standard InChI is InChI=1S/C18H24FNO4/c19-15-4-6-16(7-5-15)24-13-1-2-17(21)20-11-9-14(10-12-20)3-8-18(22)23/h4-7,14H,1-3,8-13H2,(H,22,23). The van der Waals surface area contributed by atoms with E-state index >= 15 is 0 Å². The number of carbonyl (C=O) groups excluding carboxylic acids is 1. The van der Waals surface area contributed by atoms with Crippen LogP contribution in [0, 0.1) is 11.7 Å². The van der Waals surface area contributed by atoms with Gasteiger partial charge in [-0.2, -0.15) is 0 Å². The first-order valence-corrected chi connectivity index (χ1v) is 8.42. The molecule has 0 aromatic heterocycles. The molecular weight excluding hydrogens is 313 g/mol. The van der Waals surface area contributed by atoms with E-state index in [1.54, 1.807) is 12.1 Å². The number of amides is 1. The number of likely N-dealkylation sites (tertiary alicyclic amines) is 1. The third-order valence-corrected chi connectivity index (χ3v) is 4.35. The Labute approximate surface area is 141 Å². The fourth-order valence-electron chi connectivity index (χ4n) is 2.90. The Hall–Kier alpha value is -2.11. The van der Waals surface area contributed by atoms with Crippen LogP contribution in [0.5, 0.6) is 5.75 Å². The fourth-order valence-corrected chi connectivity index (χ4v) is 2.90. The molecule has 0 saturated carbocycles. The zero-order valence-electron chi connectivity index (χ0n) is 13.7. The molecule has 1 N–H and O–H groups in total. The van der Waals surface area contributed by atoms with Gasteiger partial charge in [-0.1, -0.05) is 0 Å². The van der Waals surface area contributed by atoms with Crippen molar-refractivity contribution in [1.29, 1.82) is 0 Å². The zero-order chi connectivity index (χ0) is 17.4. The van der Waals surface area contributed by atoms with Crippen LogP contribution in [0.15, 0.2) is 24.3 Å². The van der Waals surface area contributed by atoms with Crippen molar-refractivity contribution in [3.8, 4) is 5.75 Å². The molecule has 0 bridgehead atoms. The highest BCUT2D eigenvalue weighted by molar-refractivity contribution is 5.76. The molecule has 0 aliphatic carbocycles. The summed E-state index contributed by atoms with van der Waals surface area (Å²) < 4.78 is 18.2. The van der Waals surface area contributed by atoms with E-state index in [-0.39, 0.29) is 18.1 Å². The molecule has 6 heteroatoms. The molecular formula is C18H24FNO4. The van der Waals surface area contributed by atoms with Gasteiger partial charge in [-0.15, -0.1) is 0 Å². The number of carboxylic acid groups (broad SMARTS) is 1. The van der Waals surface area contributed by atoms with E-state index in [0.717, 1.165) is 12.8 Å². The number of carboxylic acids is 1. The number of piperidine rings is 1. The largest absolute Gasteiger partial charge is 0.494 e. The molecule has 0 radical (unpaired) electrons. The van der Waals surface area contributed by atoms with E-state index in [1.807, 2.05) is 4.90 Å². The highest BCUT2D eigenvalue weighted by Crippen LogP contribution is 2.22. The number of hydrogen-bond acceptors (Lipinski definition) is 3. The Kier molecular flexibility index (Phi) is 7.03. The van der Waals surface area contributed by atoms with Crippen molar-refractivity contribution in [3.63, 3.8) is 0 Å². The number of rotatable bonds is 8. The molecule has 0 unspecified atom stereocenters. The van der Waals surface area contributed by atoms with Crippen LogP contribution in [0.3, 0.4) is 0 Å². The van der Waals surface area contributed by atoms with Crippen LogP contribution in [0.25, 0.3) is 0 Å². The van der Waals surface area contributed by atoms with Crippen LogP contribution in [-0.2, 0) is 9.59 Å². The second-order valence-corrected chi connectivity index (χ2v) is 6.16. The Morgan fingerprint density at radius 3 is 2.46 bits per heavy atom. The average molecular weight is 337 g/mol. The Bertz CT molecular complexity index is 538. The molecule has 1 aromatic rings. The van der Waals surface area contributed by atoms with E-state index in [9.17, 15) is 14.0 Å². The first-order chi connectivity index (χ1) is 11.5. The van der Waals surface area contributed by atoms with E-state index in [2.05, 4.69) is 0 Å². The van der Waals surface area contributed by atoms with Crippen molar-refractivity contribution < 1.29 is 23.8 Å². The summed E-state index contributed by atoms with van der Waals surface area (Å²) in [7, 11) is 0. The minimum Gasteiger partial charge on any atom is -0.494 e. The summed E-state index contributed by atoms with van der Waals surface area (Å²) in [4.78, 5) is 24.6. The lowest BCUT2D eigenvalue weighted by Crippen LogP contribution is -2.38. The minimum absolute atomic E-state index is 0.120. The molecule has 132 valence electrons. The molecule has 5 nitrogen and oxygen atoms in total. The van der Waals surface area contributed by atoms with Gasteiger partial charge in [0.1, 0.15) is 11.6 Å². The van der Waals surface area contributed by atoms with E-state index in [0.29, 0.717) is 50.6 Å². The molecule has 24 heavy (non-hydrogen) atoms. The highest BCUT2D eigenvalue weighted by atomic mass is 19.1. The Balaban J connectivity index is 1.59. The normalized spacial score (nSPS) is 15.3. The molecule has 1 fully saturated rings. The number of aliphatic carboxylic acids is 1. The summed E-state index contributed by atoms with van der Waals surface area (Å²) in [5, 5.41) is 8.71. The molecule has 2 rings (SSSR count). The van der Waals surface area contributed by atoms with E-state index in [1.165, 1.54) is 12.1 Å². The van der Waals surface area contributed by atoms with Gasteiger partial charge >= 0.3 is 5.97 Å². The second-order valence-electron chi connectivity index (χ2n) is 6.16. The van der Waals surface area contributed by atoms with Crippen molar-refractivity contribution >= 4 is 11.9 Å². The number of hydrogen-bond donors (Lipinski definition) is 1. The predicted molar refractivity (Wildman–Crippen MR) is 87.3 cm³/mol. The lowest BCUT2D eigenvalue weighted by Gasteiger charge is -2.32. The highest BCUT2D eigenvalue weighted by Gasteiger charge is 2.22. The van der Waals surface area contributed by atoms with Crippen molar-refractivity contribution in [1.82, 2.24) is 4.90 Å². The van der Waals surface area contributed by atoms with Gasteiger partial charge in [0.05, 0.1) is 6.61 Å². The molecule has 0 atom stereocenters. The van der Waals surface area contributed by atoms with Crippen LogP contribution in [-0.4, -0.2) is 41.6 Å². The quantitative estimate of drug-likeness (QED) is 0.740. The maximum atomic E-state index is 12.8. The lowest BCUT2D eigenvalue weighted by molar-refractivity contribution is -0.138. The summed E-state index contributed by atoms with van der Waals surface area (Å²) in [6, 6.07) is 5.82. The average Bonchev–Trinajstić information content (AvgIpc) is 2.58. The van der Waals surface area contributed by atoms with Crippen LogP contribution in [0.4, 0.5) is 4.39 Å². The van der Waals surface area contributed by atoms with Crippen molar-refractivity contribution in [3.05, 3.63) is 30.1 Å². The van der Waals surface area contributed by atoms with Gasteiger partial charge in [0, 0.05) is 25.9 Å². The van der Waals surface area contributed by atoms with Crippen molar-refractivity contribution in [2.45, 2.75) is 38.5 Å². The molecule has 1 amide bonds. The molecule has 1 aliphatic rings. The van der Waals surface area contributed by atoms with Gasteiger partial charge in [-0.3, -0.25) is 9.59 Å². The summed E-state index contributed by atoms with van der Waals surface area (Å²) >= 11 is 0. The first kappa shape index (κ1) is 18.2. The van der Waals surface area contributed by atoms with Gasteiger partial charge in [0.2, 0.25) is 5.91 Å². The van der Waals surface area contributed by atoms with Gasteiger partial charge in [0.15, 0.2) is 0 Å². The van der Waals surface area contributed by atoms with Crippen LogP contribution < -0.4 is 4.74 Å². The van der Waals surface area contributed by atoms with E-state index in [4.69, 9.17) is 9.84 Å². The summed E-state index contributed by atoms with van der Waals surface area (Å²) in [5.41, 5.74) is 0. The second kappa shape index (κ2) is 9.25. The smallest absolute Gasteiger partial charge is 0.303 e. The minimum atomic E-state index is -0.755. The maximum Gasteiger partial charge on any atom is 0.303 e. The number of ether oxygens (including phenoxy) is 1. The predicted octanol–water partition coefficient (Wildman–Crippen LogP) is 3.09. The van der Waals surface area contributed by atoms with Crippen LogP contribution in [0.2, 0.25) is 0 Å². The fraction of sp³-hybridized carbons (Fsp3) is 0.556. The number of halogens is 1. The number of benzene rings is 1. The van der Waals surface area contributed by atoms with Crippen molar-refractivity contribution in [2.24, 2.45) is 5.92 Å². The number of carbonyl (C=O) groups is 2. The van der Waals surface area contributed by atoms with Crippen molar-refractivity contribution in [2.75, 3.05) is 19.7 Å². The van der Waals surface area contributed by atoms with Gasteiger partial charge < -0.3 is 14.7 Å². The molecule has 1 aliphatic heterocycles. The number of nitrogens with zero attached hydrogens (tertiary/aromatic N) is 1. The summed E-state index contributed by atoms with van der Waals surface area (Å²) in [6.45, 7) is 1.84. The van der Waals surface area contributed by atoms with E-state index < -0.39 is 5.97 Å². The van der Waals surface area contributed by atoms with Crippen LogP contribution >= 0.6 is 0 Å². The maximum absolute atomic E-state index is 12.8. The Morgan fingerprint density at radius 2 is 1.83 bits per heavy atom. The van der Waals surface area contributed by atoms with Gasteiger partial charge in [0.25, 0.3) is 0 Å². The molecule has 0 spiro atoms. The van der Waals surface area contributed by atoms with Crippen LogP contribution in [0.1, 0.15) is 38.5 Å². The van der Waals surface area contributed by atoms with Gasteiger partial charge in [-0.05, 0) is 55.9 Å². The topological polar surface area (TPSA) is 66.8 Å². The zero-order valence-corrected chi connectivity index (χ0v) is 13.7. The molecule has 1 heterocycles. The third kappa shape index (κ3) is 6.18. The monoisotopic (exact) mass is 337 g/mol. The molecule has 1 saturated heterocycles. The van der Waals surface area contributed by atoms with Gasteiger partial charge in [-0.25, -0.2) is 4.39 Å². The summed E-state index contributed by atoms with van der Waals surface area (Å²) in [6.07, 6.45) is 3.72. The third-order valence-electron chi connectivity index (χ3n) is 4.35. The first-order valence-electron chi connectivity index (χ1n) is 8.42. The molecule has 1 aromatic carbocycles.